The number of nitrogens with zero attached hydrogens (tertiary/aromatic N) is 2. The number of aromatic nitrogens is 1. The molecule has 0 fully saturated rings. The number of halogens is 2. The Morgan fingerprint density at radius 2 is 1.96 bits per heavy atom. The topological polar surface area (TPSA) is 57.5 Å². The average molecular weight is 388 g/mol. The second kappa shape index (κ2) is 6.52. The molecule has 0 amide bonds. The van der Waals surface area contributed by atoms with Gasteiger partial charge in [-0.15, -0.1) is 0 Å². The average Bonchev–Trinajstić information content (AvgIpc) is 3.15. The smallest absolute Gasteiger partial charge is 0.231 e. The van der Waals surface area contributed by atoms with Crippen molar-refractivity contribution in [3.8, 4) is 5.88 Å². The van der Waals surface area contributed by atoms with E-state index in [4.69, 9.17) is 23.2 Å². The number of thiazole rings is 1. The number of hydrogen-bond donors (Lipinski definition) is 2. The van der Waals surface area contributed by atoms with E-state index in [2.05, 4.69) is 15.3 Å². The van der Waals surface area contributed by atoms with Crippen LogP contribution in [-0.2, 0) is 0 Å². The van der Waals surface area contributed by atoms with Crippen LogP contribution in [0.3, 0.4) is 0 Å². The van der Waals surface area contributed by atoms with E-state index in [0.29, 0.717) is 25.7 Å². The van der Waals surface area contributed by atoms with Gasteiger partial charge in [-0.2, -0.15) is 4.98 Å². The molecule has 3 aromatic rings. The molecule has 0 aliphatic carbocycles. The highest BCUT2D eigenvalue weighted by atomic mass is 35.5. The fraction of sp³-hybridized carbons (Fsp3) is 0. The van der Waals surface area contributed by atoms with Crippen molar-refractivity contribution in [2.24, 2.45) is 4.99 Å². The van der Waals surface area contributed by atoms with Crippen LogP contribution in [0.25, 0.3) is 11.6 Å². The van der Waals surface area contributed by atoms with Crippen LogP contribution in [-0.4, -0.2) is 16.3 Å². The first-order valence-corrected chi connectivity index (χ1v) is 8.94. The molecule has 2 heterocycles. The van der Waals surface area contributed by atoms with Crippen molar-refractivity contribution in [2.75, 3.05) is 5.32 Å². The Bertz CT molecular complexity index is 1030. The van der Waals surface area contributed by atoms with E-state index in [1.54, 1.807) is 24.4 Å². The number of hydrogen-bond acceptors (Lipinski definition) is 5. The van der Waals surface area contributed by atoms with Crippen LogP contribution in [0, 0.1) is 0 Å². The van der Waals surface area contributed by atoms with Gasteiger partial charge in [0, 0.05) is 22.4 Å². The number of rotatable bonds is 3. The van der Waals surface area contributed by atoms with Gasteiger partial charge in [0.15, 0.2) is 5.13 Å². The molecule has 0 spiro atoms. The monoisotopic (exact) mass is 387 g/mol. The normalized spacial score (nSPS) is 14.1. The molecule has 4 nitrogen and oxygen atoms in total. The molecular weight excluding hydrogens is 377 g/mol. The Morgan fingerprint density at radius 1 is 1.12 bits per heavy atom. The molecule has 2 N–H and O–H groups in total. The Morgan fingerprint density at radius 3 is 2.80 bits per heavy atom. The van der Waals surface area contributed by atoms with E-state index in [9.17, 15) is 5.11 Å². The van der Waals surface area contributed by atoms with Crippen LogP contribution in [0.1, 0.15) is 10.4 Å². The minimum Gasteiger partial charge on any atom is -0.492 e. The first-order chi connectivity index (χ1) is 12.1. The van der Waals surface area contributed by atoms with E-state index in [-0.39, 0.29) is 5.88 Å². The number of anilines is 2. The molecule has 0 saturated heterocycles. The van der Waals surface area contributed by atoms with Crippen molar-refractivity contribution in [3.63, 3.8) is 0 Å². The molecule has 0 saturated carbocycles. The van der Waals surface area contributed by atoms with Gasteiger partial charge in [0.2, 0.25) is 5.88 Å². The molecule has 1 aliphatic heterocycles. The molecule has 0 unspecified atom stereocenters. The van der Waals surface area contributed by atoms with Gasteiger partial charge in [0.1, 0.15) is 0 Å². The lowest BCUT2D eigenvalue weighted by Gasteiger charge is -2.04. The molecule has 7 heteroatoms. The maximum Gasteiger partial charge on any atom is 0.231 e. The third kappa shape index (κ3) is 3.26. The summed E-state index contributed by atoms with van der Waals surface area (Å²) in [5.41, 5.74) is 3.56. The van der Waals surface area contributed by atoms with E-state index in [0.717, 1.165) is 16.8 Å². The number of aliphatic imine (C=N–C) groups is 1. The van der Waals surface area contributed by atoms with Crippen LogP contribution in [0.5, 0.6) is 5.88 Å². The summed E-state index contributed by atoms with van der Waals surface area (Å²) < 4.78 is 0. The molecular formula is C18H11Cl2N3OS. The highest BCUT2D eigenvalue weighted by Gasteiger charge is 2.15. The fourth-order valence-corrected chi connectivity index (χ4v) is 3.75. The Labute approximate surface area is 158 Å². The number of allylic oxidation sites excluding steroid dienone is 1. The summed E-state index contributed by atoms with van der Waals surface area (Å²) in [6.07, 6.45) is 3.66. The molecule has 1 aromatic heterocycles. The zero-order chi connectivity index (χ0) is 17.4. The molecule has 0 bridgehead atoms. The summed E-state index contributed by atoms with van der Waals surface area (Å²) in [6.45, 7) is 0. The molecule has 0 atom stereocenters. The van der Waals surface area contributed by atoms with Crippen molar-refractivity contribution in [1.82, 2.24) is 4.98 Å². The SMILES string of the molecule is Oc1nc(Nc2ccc(Cl)cc2Cl)sc1/C=C1/C=Nc2ccccc21. The van der Waals surface area contributed by atoms with Gasteiger partial charge in [-0.3, -0.25) is 4.99 Å². The minimum absolute atomic E-state index is 0.0390. The Balaban J connectivity index is 1.63. The highest BCUT2D eigenvalue weighted by molar-refractivity contribution is 7.16. The molecule has 124 valence electrons. The standard InChI is InChI=1S/C18H11Cl2N3OS/c19-11-5-6-15(13(20)8-11)22-18-23-17(24)16(25-18)7-10-9-21-14-4-2-1-3-12(10)14/h1-9,24H,(H,22,23)/b10-7-. The van der Waals surface area contributed by atoms with Gasteiger partial charge < -0.3 is 10.4 Å². The van der Waals surface area contributed by atoms with Gasteiger partial charge in [0.25, 0.3) is 0 Å². The second-order valence-electron chi connectivity index (χ2n) is 5.33. The lowest BCUT2D eigenvalue weighted by atomic mass is 10.1. The summed E-state index contributed by atoms with van der Waals surface area (Å²) >= 11 is 13.4. The zero-order valence-corrected chi connectivity index (χ0v) is 15.0. The predicted molar refractivity (Wildman–Crippen MR) is 106 cm³/mol. The lowest BCUT2D eigenvalue weighted by Crippen LogP contribution is -1.89. The predicted octanol–water partition coefficient (Wildman–Crippen LogP) is 6.16. The van der Waals surface area contributed by atoms with E-state index in [1.807, 2.05) is 30.3 Å². The van der Waals surface area contributed by atoms with Gasteiger partial charge in [-0.1, -0.05) is 52.7 Å². The van der Waals surface area contributed by atoms with Crippen LogP contribution < -0.4 is 5.32 Å². The fourth-order valence-electron chi connectivity index (χ4n) is 2.47. The Hall–Kier alpha value is -2.34. The molecule has 1 aliphatic rings. The lowest BCUT2D eigenvalue weighted by molar-refractivity contribution is 0.457. The number of aromatic hydroxyl groups is 1. The number of nitrogens with one attached hydrogen (secondary N) is 1. The summed E-state index contributed by atoms with van der Waals surface area (Å²) in [4.78, 5) is 9.16. The van der Waals surface area contributed by atoms with Crippen LogP contribution in [0.15, 0.2) is 47.5 Å². The van der Waals surface area contributed by atoms with Gasteiger partial charge in [-0.25, -0.2) is 0 Å². The van der Waals surface area contributed by atoms with E-state index >= 15 is 0 Å². The molecule has 4 rings (SSSR count). The third-order valence-corrected chi connectivity index (χ3v) is 5.11. The molecule has 25 heavy (non-hydrogen) atoms. The summed E-state index contributed by atoms with van der Waals surface area (Å²) in [5.74, 6) is -0.0390. The van der Waals surface area contributed by atoms with Crippen LogP contribution in [0.4, 0.5) is 16.5 Å². The maximum absolute atomic E-state index is 10.1. The van der Waals surface area contributed by atoms with Gasteiger partial charge >= 0.3 is 0 Å². The summed E-state index contributed by atoms with van der Waals surface area (Å²) in [5, 5.41) is 14.8. The van der Waals surface area contributed by atoms with Crippen LogP contribution >= 0.6 is 34.5 Å². The third-order valence-electron chi connectivity index (χ3n) is 3.65. The molecule has 2 aromatic carbocycles. The number of para-hydroxylation sites is 1. The van der Waals surface area contributed by atoms with Crippen molar-refractivity contribution < 1.29 is 5.11 Å². The Kier molecular flexibility index (Phi) is 4.21. The van der Waals surface area contributed by atoms with Crippen molar-refractivity contribution in [2.45, 2.75) is 0 Å². The maximum atomic E-state index is 10.1. The van der Waals surface area contributed by atoms with Gasteiger partial charge in [-0.05, 0) is 30.3 Å². The quantitative estimate of drug-likeness (QED) is 0.565. The van der Waals surface area contributed by atoms with Gasteiger partial charge in [0.05, 0.1) is 21.3 Å². The van der Waals surface area contributed by atoms with Crippen LogP contribution in [0.2, 0.25) is 10.0 Å². The minimum atomic E-state index is -0.0390. The molecule has 0 radical (unpaired) electrons. The highest BCUT2D eigenvalue weighted by Crippen LogP contribution is 2.38. The largest absolute Gasteiger partial charge is 0.492 e. The first-order valence-electron chi connectivity index (χ1n) is 7.37. The van der Waals surface area contributed by atoms with Crippen molar-refractivity contribution >= 4 is 68.9 Å². The number of fused-ring (bicyclic) bond motifs is 1. The van der Waals surface area contributed by atoms with E-state index in [1.165, 1.54) is 11.3 Å². The van der Waals surface area contributed by atoms with Crippen molar-refractivity contribution in [3.05, 3.63) is 63.0 Å². The number of benzene rings is 2. The zero-order valence-electron chi connectivity index (χ0n) is 12.7. The van der Waals surface area contributed by atoms with E-state index < -0.39 is 0 Å². The van der Waals surface area contributed by atoms with Crippen molar-refractivity contribution in [1.29, 1.82) is 0 Å². The second-order valence-corrected chi connectivity index (χ2v) is 7.21. The first kappa shape index (κ1) is 16.1. The summed E-state index contributed by atoms with van der Waals surface area (Å²) in [7, 11) is 0. The summed E-state index contributed by atoms with van der Waals surface area (Å²) in [6, 6.07) is 13.0.